The van der Waals surface area contributed by atoms with Crippen molar-refractivity contribution < 1.29 is 4.79 Å². The van der Waals surface area contributed by atoms with Crippen molar-refractivity contribution in [1.82, 2.24) is 15.1 Å². The molecule has 0 bridgehead atoms. The quantitative estimate of drug-likeness (QED) is 0.884. The van der Waals surface area contributed by atoms with Crippen molar-refractivity contribution >= 4 is 11.7 Å². The number of nitrogens with one attached hydrogen (secondary N) is 1. The molecule has 0 unspecified atom stereocenters. The summed E-state index contributed by atoms with van der Waals surface area (Å²) in [5, 5.41) is 3.05. The lowest BCUT2D eigenvalue weighted by Crippen LogP contribution is -2.51. The highest BCUT2D eigenvalue weighted by atomic mass is 16.2. The highest BCUT2D eigenvalue weighted by molar-refractivity contribution is 5.74. The first-order valence-electron chi connectivity index (χ1n) is 9.58. The van der Waals surface area contributed by atoms with Crippen LogP contribution in [0.1, 0.15) is 16.7 Å². The van der Waals surface area contributed by atoms with Gasteiger partial charge < -0.3 is 20.0 Å². The first-order valence-corrected chi connectivity index (χ1v) is 9.58. The average molecular weight is 367 g/mol. The van der Waals surface area contributed by atoms with E-state index in [2.05, 4.69) is 84.7 Å². The molecule has 0 saturated carbocycles. The third-order valence-corrected chi connectivity index (χ3v) is 4.90. The van der Waals surface area contributed by atoms with Gasteiger partial charge in [0.1, 0.15) is 0 Å². The summed E-state index contributed by atoms with van der Waals surface area (Å²) in [6.45, 7) is 6.85. The van der Waals surface area contributed by atoms with E-state index >= 15 is 0 Å². The van der Waals surface area contributed by atoms with Crippen molar-refractivity contribution in [2.45, 2.75) is 20.0 Å². The van der Waals surface area contributed by atoms with Gasteiger partial charge in [0.15, 0.2) is 0 Å². The van der Waals surface area contributed by atoms with E-state index in [1.165, 1.54) is 16.8 Å². The molecule has 2 amide bonds. The lowest BCUT2D eigenvalue weighted by molar-refractivity contribution is 0.194. The number of carbonyl (C=O) groups excluding carboxylic acids is 1. The molecule has 2 aromatic carbocycles. The summed E-state index contributed by atoms with van der Waals surface area (Å²) in [4.78, 5) is 18.9. The Morgan fingerprint density at radius 3 is 2.30 bits per heavy atom. The van der Waals surface area contributed by atoms with E-state index in [0.717, 1.165) is 38.3 Å². The maximum Gasteiger partial charge on any atom is 0.317 e. The predicted octanol–water partition coefficient (Wildman–Crippen LogP) is 3.09. The van der Waals surface area contributed by atoms with E-state index in [4.69, 9.17) is 0 Å². The van der Waals surface area contributed by atoms with Crippen LogP contribution in [0.5, 0.6) is 0 Å². The zero-order chi connectivity index (χ0) is 19.2. The molecule has 144 valence electrons. The Kier molecular flexibility index (Phi) is 6.35. The second-order valence-electron chi connectivity index (χ2n) is 7.53. The second kappa shape index (κ2) is 8.91. The number of piperazine rings is 1. The summed E-state index contributed by atoms with van der Waals surface area (Å²) >= 11 is 0. The van der Waals surface area contributed by atoms with E-state index < -0.39 is 0 Å². The molecule has 1 aliphatic rings. The first-order chi connectivity index (χ1) is 13.0. The fourth-order valence-corrected chi connectivity index (χ4v) is 3.41. The van der Waals surface area contributed by atoms with Crippen LogP contribution in [0.25, 0.3) is 0 Å². The van der Waals surface area contributed by atoms with Gasteiger partial charge in [0, 0.05) is 45.0 Å². The van der Waals surface area contributed by atoms with Crippen LogP contribution in [-0.4, -0.2) is 56.1 Å². The number of carbonyl (C=O) groups is 1. The molecule has 5 nitrogen and oxygen atoms in total. The number of anilines is 1. The van der Waals surface area contributed by atoms with Crippen LogP contribution in [0.15, 0.2) is 48.5 Å². The van der Waals surface area contributed by atoms with Crippen molar-refractivity contribution in [2.24, 2.45) is 0 Å². The lowest BCUT2D eigenvalue weighted by atomic mass is 10.1. The summed E-state index contributed by atoms with van der Waals surface area (Å²) in [5.41, 5.74) is 4.92. The monoisotopic (exact) mass is 366 g/mol. The normalized spacial score (nSPS) is 14.5. The Bertz CT molecular complexity index is 749. The zero-order valence-corrected chi connectivity index (χ0v) is 16.6. The minimum atomic E-state index is 0.0243. The van der Waals surface area contributed by atoms with Gasteiger partial charge in [0.05, 0.1) is 0 Å². The molecule has 1 fully saturated rings. The van der Waals surface area contributed by atoms with Crippen LogP contribution in [-0.2, 0) is 13.1 Å². The first kappa shape index (κ1) is 19.2. The smallest absolute Gasteiger partial charge is 0.317 e. The minimum Gasteiger partial charge on any atom is -0.368 e. The number of amides is 2. The van der Waals surface area contributed by atoms with E-state index in [1.54, 1.807) is 0 Å². The molecule has 0 atom stereocenters. The number of aryl methyl sites for hydroxylation is 1. The van der Waals surface area contributed by atoms with Crippen molar-refractivity contribution in [3.63, 3.8) is 0 Å². The van der Waals surface area contributed by atoms with Crippen molar-refractivity contribution in [3.8, 4) is 0 Å². The van der Waals surface area contributed by atoms with Crippen molar-refractivity contribution in [1.29, 1.82) is 0 Å². The van der Waals surface area contributed by atoms with E-state index in [-0.39, 0.29) is 6.03 Å². The zero-order valence-electron chi connectivity index (χ0n) is 16.6. The Morgan fingerprint density at radius 1 is 1.00 bits per heavy atom. The molecule has 27 heavy (non-hydrogen) atoms. The van der Waals surface area contributed by atoms with Gasteiger partial charge in [-0.05, 0) is 49.8 Å². The van der Waals surface area contributed by atoms with Gasteiger partial charge in [-0.1, -0.05) is 36.4 Å². The fourth-order valence-electron chi connectivity index (χ4n) is 3.41. The SMILES string of the molecule is Cc1cccc(N2CCN(C(=O)NCc3ccc(CN(C)C)cc3)CC2)c1. The molecule has 5 heteroatoms. The molecule has 1 heterocycles. The molecule has 1 saturated heterocycles. The third kappa shape index (κ3) is 5.47. The molecular weight excluding hydrogens is 336 g/mol. The fraction of sp³-hybridized carbons (Fsp3) is 0.409. The van der Waals surface area contributed by atoms with Crippen LogP contribution in [0.4, 0.5) is 10.5 Å². The van der Waals surface area contributed by atoms with Crippen LogP contribution in [0, 0.1) is 6.92 Å². The maximum atomic E-state index is 12.5. The molecule has 1 N–H and O–H groups in total. The van der Waals surface area contributed by atoms with Crippen LogP contribution < -0.4 is 10.2 Å². The Hall–Kier alpha value is -2.53. The summed E-state index contributed by atoms with van der Waals surface area (Å²) < 4.78 is 0. The maximum absolute atomic E-state index is 12.5. The number of rotatable bonds is 5. The Morgan fingerprint density at radius 2 is 1.67 bits per heavy atom. The number of nitrogens with zero attached hydrogens (tertiary/aromatic N) is 3. The summed E-state index contributed by atoms with van der Waals surface area (Å²) in [7, 11) is 4.12. The van der Waals surface area contributed by atoms with E-state index in [0.29, 0.717) is 6.54 Å². The van der Waals surface area contributed by atoms with E-state index in [9.17, 15) is 4.79 Å². The highest BCUT2D eigenvalue weighted by Crippen LogP contribution is 2.17. The molecule has 0 aromatic heterocycles. The second-order valence-corrected chi connectivity index (χ2v) is 7.53. The Labute approximate surface area is 162 Å². The van der Waals surface area contributed by atoms with Gasteiger partial charge in [0.2, 0.25) is 0 Å². The van der Waals surface area contributed by atoms with Crippen LogP contribution in [0.2, 0.25) is 0 Å². The summed E-state index contributed by atoms with van der Waals surface area (Å²) in [6, 6.07) is 17.0. The Balaban J connectivity index is 1.45. The number of hydrogen-bond acceptors (Lipinski definition) is 3. The van der Waals surface area contributed by atoms with E-state index in [1.807, 2.05) is 4.90 Å². The highest BCUT2D eigenvalue weighted by Gasteiger charge is 2.21. The lowest BCUT2D eigenvalue weighted by Gasteiger charge is -2.36. The predicted molar refractivity (Wildman–Crippen MR) is 111 cm³/mol. The van der Waals surface area contributed by atoms with Gasteiger partial charge in [-0.2, -0.15) is 0 Å². The van der Waals surface area contributed by atoms with Gasteiger partial charge in [-0.25, -0.2) is 4.79 Å². The number of urea groups is 1. The molecule has 0 spiro atoms. The largest absolute Gasteiger partial charge is 0.368 e. The number of benzene rings is 2. The molecule has 0 radical (unpaired) electrons. The summed E-state index contributed by atoms with van der Waals surface area (Å²) in [6.07, 6.45) is 0. The van der Waals surface area contributed by atoms with Crippen LogP contribution in [0.3, 0.4) is 0 Å². The standard InChI is InChI=1S/C22H30N4O/c1-18-5-4-6-21(15-18)25-11-13-26(14-12-25)22(27)23-16-19-7-9-20(10-8-19)17-24(2)3/h4-10,15H,11-14,16-17H2,1-3H3,(H,23,27). The average Bonchev–Trinajstić information content (AvgIpc) is 2.67. The molecule has 2 aromatic rings. The third-order valence-electron chi connectivity index (χ3n) is 4.90. The topological polar surface area (TPSA) is 38.8 Å². The van der Waals surface area contributed by atoms with Gasteiger partial charge >= 0.3 is 6.03 Å². The van der Waals surface area contributed by atoms with Gasteiger partial charge in [0.25, 0.3) is 0 Å². The van der Waals surface area contributed by atoms with Crippen molar-refractivity contribution in [2.75, 3.05) is 45.2 Å². The van der Waals surface area contributed by atoms with Crippen LogP contribution >= 0.6 is 0 Å². The van der Waals surface area contributed by atoms with Gasteiger partial charge in [-0.15, -0.1) is 0 Å². The van der Waals surface area contributed by atoms with Gasteiger partial charge in [-0.3, -0.25) is 0 Å². The molecule has 0 aliphatic carbocycles. The number of hydrogen-bond donors (Lipinski definition) is 1. The molecule has 1 aliphatic heterocycles. The molecular formula is C22H30N4O. The minimum absolute atomic E-state index is 0.0243. The van der Waals surface area contributed by atoms with Crippen molar-refractivity contribution in [3.05, 3.63) is 65.2 Å². The summed E-state index contributed by atoms with van der Waals surface area (Å²) in [5.74, 6) is 0. The molecule has 3 rings (SSSR count).